The lowest BCUT2D eigenvalue weighted by Crippen LogP contribution is -2.36. The molecule has 3 amide bonds. The van der Waals surface area contributed by atoms with Crippen molar-refractivity contribution in [1.29, 1.82) is 0 Å². The number of H-pyrrole nitrogens is 1. The van der Waals surface area contributed by atoms with Gasteiger partial charge in [0.15, 0.2) is 6.73 Å². The van der Waals surface area contributed by atoms with Gasteiger partial charge in [-0.2, -0.15) is 0 Å². The number of hydrogen-bond donors (Lipinski definition) is 5. The standard InChI is InChI=1S/C27H35FN4O4.C23H29FN4O3.C8H14O3.3CH4/c1-7-31(8-2)12-11-29-25(33)24-17(5)22(30-18(24)6)14-21-20-13-19(28)9-10-23(20)32(26(21)34)15-36-27(35)16(3)4;1-5-27(6-2)10-9-25-22(30)21-14(3)19(26-15(21)4)12-18-17-11-16(24)7-8-20(17)28(13-29)23(18)31;1-5(2)7(9)11-8(10)6(3)4;;;/h9-10,13-14,16,30H,7-8,11-12,15H2,1-6H3,(H,29,33);7-8,11-12,29,31H,5-6,9-10,13H2,1-4H3,(H,25,30);5-6H,1-4H3;3*1H4/b21-14-;;;;;. The first-order chi connectivity index (χ1) is 36.8. The zero-order chi connectivity index (χ0) is 58.3. The van der Waals surface area contributed by atoms with Crippen molar-refractivity contribution in [2.75, 3.05) is 64.0 Å². The van der Waals surface area contributed by atoms with E-state index in [0.717, 1.165) is 39.3 Å². The molecule has 0 bridgehead atoms. The van der Waals surface area contributed by atoms with Gasteiger partial charge in [0.2, 0.25) is 5.88 Å². The molecule has 0 spiro atoms. The summed E-state index contributed by atoms with van der Waals surface area (Å²) in [6, 6.07) is 8.12. The van der Waals surface area contributed by atoms with E-state index in [9.17, 15) is 47.8 Å². The zero-order valence-corrected chi connectivity index (χ0v) is 47.6. The third-order valence-corrected chi connectivity index (χ3v) is 13.3. The SMILES string of the molecule is C.C.C.CC(C)C(=O)OC(=O)C(C)C.CCN(CC)CCNC(=O)C1=C(C)C(=Cc2c(O)n(CO)c3ccc(F)cc23)N=C1C.CCN(CC)CCNC(=O)c1c(C)[nH]c(/C=C2\C(=O)N(COC(=O)C(C)C)c3ccc(F)cc32)c1C. The molecule has 2 aliphatic rings. The van der Waals surface area contributed by atoms with Crippen LogP contribution < -0.4 is 15.5 Å². The molecule has 2 aliphatic heterocycles. The number of aromatic nitrogens is 2. The fraction of sp³-hybridized carbons (Fsp3) is 0.492. The molecule has 2 aromatic carbocycles. The molecule has 0 atom stereocenters. The summed E-state index contributed by atoms with van der Waals surface area (Å²) in [5.41, 5.74) is 6.71. The van der Waals surface area contributed by atoms with Gasteiger partial charge in [-0.25, -0.2) is 8.78 Å². The number of ether oxygens (including phenoxy) is 2. The van der Waals surface area contributed by atoms with Gasteiger partial charge in [-0.05, 0) is 114 Å². The normalized spacial score (nSPS) is 13.6. The lowest BCUT2D eigenvalue weighted by molar-refractivity contribution is -0.164. The van der Waals surface area contributed by atoms with Crippen LogP contribution in [0.25, 0.3) is 28.6 Å². The first-order valence-corrected chi connectivity index (χ1v) is 26.4. The molecule has 0 radical (unpaired) electrons. The first-order valence-electron chi connectivity index (χ1n) is 26.4. The number of aromatic amines is 1. The summed E-state index contributed by atoms with van der Waals surface area (Å²) in [6.07, 6.45) is 3.25. The van der Waals surface area contributed by atoms with Crippen LogP contribution in [0, 0.1) is 43.2 Å². The lowest BCUT2D eigenvalue weighted by Gasteiger charge is -2.18. The number of allylic oxidation sites excluding steroid dienone is 1. The average Bonchev–Trinajstić information content (AvgIpc) is 4.03. The third kappa shape index (κ3) is 18.1. The fourth-order valence-corrected chi connectivity index (χ4v) is 8.50. The van der Waals surface area contributed by atoms with Crippen molar-refractivity contribution >= 4 is 75.7 Å². The van der Waals surface area contributed by atoms with Crippen molar-refractivity contribution in [3.63, 3.8) is 0 Å². The molecule has 0 fully saturated rings. The molecule has 0 aliphatic carbocycles. The number of aliphatic hydroxyl groups is 1. The van der Waals surface area contributed by atoms with Crippen LogP contribution in [0.4, 0.5) is 14.5 Å². The van der Waals surface area contributed by atoms with Crippen LogP contribution in [0.1, 0.15) is 144 Å². The Morgan fingerprint density at radius 2 is 1.27 bits per heavy atom. The summed E-state index contributed by atoms with van der Waals surface area (Å²) < 4.78 is 39.0. The van der Waals surface area contributed by atoms with E-state index in [0.29, 0.717) is 85.9 Å². The van der Waals surface area contributed by atoms with E-state index in [1.54, 1.807) is 74.5 Å². The molecule has 81 heavy (non-hydrogen) atoms. The molecule has 0 saturated heterocycles. The Morgan fingerprint density at radius 1 is 0.753 bits per heavy atom. The Hall–Kier alpha value is -7.29. The Balaban J connectivity index is 0.000000667. The highest BCUT2D eigenvalue weighted by Crippen LogP contribution is 2.39. The molecule has 20 heteroatoms. The van der Waals surface area contributed by atoms with Crippen LogP contribution in [-0.4, -0.2) is 130 Å². The second-order valence-electron chi connectivity index (χ2n) is 19.7. The second-order valence-corrected chi connectivity index (χ2v) is 19.7. The number of benzene rings is 2. The topological polar surface area (TPSA) is 228 Å². The summed E-state index contributed by atoms with van der Waals surface area (Å²) in [7, 11) is 0. The van der Waals surface area contributed by atoms with Crippen molar-refractivity contribution in [1.82, 2.24) is 30.0 Å². The number of aliphatic imine (C=N–C) groups is 1. The summed E-state index contributed by atoms with van der Waals surface area (Å²) in [6.45, 7) is 31.2. The smallest absolute Gasteiger partial charge is 0.316 e. The number of anilines is 1. The number of likely N-dealkylation sites (N-methyl/N-ethyl adjacent to an activating group) is 2. The molecule has 0 saturated carbocycles. The van der Waals surface area contributed by atoms with Crippen molar-refractivity contribution in [2.24, 2.45) is 22.7 Å². The number of aromatic hydroxyl groups is 1. The molecule has 448 valence electrons. The van der Waals surface area contributed by atoms with E-state index in [1.807, 2.05) is 6.92 Å². The van der Waals surface area contributed by atoms with Crippen LogP contribution in [0.3, 0.4) is 0 Å². The number of halogens is 2. The van der Waals surface area contributed by atoms with Crippen LogP contribution in [0.15, 0.2) is 58.2 Å². The first kappa shape index (κ1) is 71.7. The monoisotopic (exact) mass is 1130 g/mol. The maximum Gasteiger partial charge on any atom is 0.316 e. The molecular weight excluding hydrogens is 1040 g/mol. The average molecular weight is 1130 g/mol. The van der Waals surface area contributed by atoms with Gasteiger partial charge >= 0.3 is 17.9 Å². The molecule has 6 rings (SSSR count). The molecule has 4 heterocycles. The lowest BCUT2D eigenvalue weighted by atomic mass is 10.0. The van der Waals surface area contributed by atoms with Gasteiger partial charge in [0.1, 0.15) is 18.4 Å². The number of carbonyl (C=O) groups excluding carboxylic acids is 6. The highest BCUT2D eigenvalue weighted by Gasteiger charge is 2.34. The van der Waals surface area contributed by atoms with Crippen molar-refractivity contribution in [3.8, 4) is 5.88 Å². The third-order valence-electron chi connectivity index (χ3n) is 13.3. The van der Waals surface area contributed by atoms with E-state index in [-0.39, 0.29) is 70.0 Å². The molecule has 18 nitrogen and oxygen atoms in total. The molecule has 2 aromatic heterocycles. The summed E-state index contributed by atoms with van der Waals surface area (Å²) >= 11 is 0. The number of hydrogen-bond acceptors (Lipinski definition) is 13. The zero-order valence-electron chi connectivity index (χ0n) is 47.6. The second kappa shape index (κ2) is 32.8. The number of nitrogens with one attached hydrogen (secondary N) is 3. The van der Waals surface area contributed by atoms with Crippen molar-refractivity contribution in [2.45, 2.75) is 126 Å². The quantitative estimate of drug-likeness (QED) is 0.0316. The number of rotatable bonds is 20. The number of nitrogens with zero attached hydrogens (tertiary/aromatic N) is 5. The molecular formula is C61H90F2N8O10. The Morgan fingerprint density at radius 3 is 1.79 bits per heavy atom. The van der Waals surface area contributed by atoms with Gasteiger partial charge in [-0.3, -0.25) is 43.2 Å². The van der Waals surface area contributed by atoms with Gasteiger partial charge in [0.05, 0.1) is 57.1 Å². The van der Waals surface area contributed by atoms with Gasteiger partial charge in [0, 0.05) is 54.1 Å². The number of aliphatic hydroxyl groups excluding tert-OH is 1. The number of amides is 3. The van der Waals surface area contributed by atoms with Gasteiger partial charge in [-0.15, -0.1) is 0 Å². The Labute approximate surface area is 478 Å². The maximum absolute atomic E-state index is 14.1. The summed E-state index contributed by atoms with van der Waals surface area (Å²) in [5.74, 6) is -4.08. The molecule has 5 N–H and O–H groups in total. The van der Waals surface area contributed by atoms with Crippen LogP contribution in [0.5, 0.6) is 5.88 Å². The Bertz CT molecular complexity index is 2960. The fourth-order valence-electron chi connectivity index (χ4n) is 8.50. The van der Waals surface area contributed by atoms with E-state index < -0.39 is 42.2 Å². The minimum Gasteiger partial charge on any atom is -0.494 e. The van der Waals surface area contributed by atoms with Crippen LogP contribution in [-0.2, 0) is 40.2 Å². The van der Waals surface area contributed by atoms with E-state index >= 15 is 0 Å². The minimum absolute atomic E-state index is 0. The minimum atomic E-state index is -0.485. The van der Waals surface area contributed by atoms with Gasteiger partial charge < -0.3 is 45.1 Å². The largest absolute Gasteiger partial charge is 0.494 e. The van der Waals surface area contributed by atoms with Crippen LogP contribution >= 0.6 is 0 Å². The predicted octanol–water partition coefficient (Wildman–Crippen LogP) is 10.2. The van der Waals surface area contributed by atoms with Crippen molar-refractivity contribution < 1.29 is 57.2 Å². The number of fused-ring (bicyclic) bond motifs is 2. The van der Waals surface area contributed by atoms with Crippen molar-refractivity contribution in [3.05, 3.63) is 98.5 Å². The highest BCUT2D eigenvalue weighted by molar-refractivity contribution is 6.36. The number of aryl methyl sites for hydroxylation is 1. The Kier molecular flexibility index (Phi) is 29.1. The van der Waals surface area contributed by atoms with E-state index in [4.69, 9.17) is 4.74 Å². The predicted molar refractivity (Wildman–Crippen MR) is 319 cm³/mol. The summed E-state index contributed by atoms with van der Waals surface area (Å²) in [5, 5.41) is 26.6. The van der Waals surface area contributed by atoms with Gasteiger partial charge in [-0.1, -0.05) is 91.5 Å². The summed E-state index contributed by atoms with van der Waals surface area (Å²) in [4.78, 5) is 86.0. The number of esters is 3. The van der Waals surface area contributed by atoms with Gasteiger partial charge in [0.25, 0.3) is 17.7 Å². The van der Waals surface area contributed by atoms with E-state index in [2.05, 4.69) is 62.8 Å². The molecule has 0 unspecified atom stereocenters. The molecule has 4 aromatic rings. The van der Waals surface area contributed by atoms with E-state index in [1.165, 1.54) is 45.9 Å². The maximum atomic E-state index is 14.1. The number of carbonyl (C=O) groups is 6. The van der Waals surface area contributed by atoms with Crippen LogP contribution in [0.2, 0.25) is 0 Å². The highest BCUT2D eigenvalue weighted by atomic mass is 19.1.